The van der Waals surface area contributed by atoms with Gasteiger partial charge in [-0.05, 0) is 41.6 Å². The van der Waals surface area contributed by atoms with Crippen LogP contribution < -0.4 is 10.9 Å². The second-order valence-corrected chi connectivity index (χ2v) is 9.81. The Morgan fingerprint density at radius 3 is 2.68 bits per heavy atom. The normalized spacial score (nSPS) is 17.6. The van der Waals surface area contributed by atoms with Gasteiger partial charge in [0, 0.05) is 36.4 Å². The summed E-state index contributed by atoms with van der Waals surface area (Å²) < 4.78 is 38.2. The van der Waals surface area contributed by atoms with Gasteiger partial charge in [0.15, 0.2) is 11.0 Å². The van der Waals surface area contributed by atoms with Crippen molar-refractivity contribution in [3.63, 3.8) is 0 Å². The van der Waals surface area contributed by atoms with Crippen molar-refractivity contribution in [3.05, 3.63) is 63.1 Å². The van der Waals surface area contributed by atoms with Crippen LogP contribution in [0.3, 0.4) is 0 Å². The molecule has 2 aromatic rings. The lowest BCUT2D eigenvalue weighted by molar-refractivity contribution is -0.137. The fourth-order valence-corrected chi connectivity index (χ4v) is 5.16. The molecule has 4 rings (SSSR count). The molecule has 0 atom stereocenters. The van der Waals surface area contributed by atoms with E-state index in [9.17, 15) is 22.8 Å². The zero-order valence-corrected chi connectivity index (χ0v) is 19.7. The smallest absolute Gasteiger partial charge is 0.349 e. The number of nitrogens with zero attached hydrogens (tertiary/aromatic N) is 3. The number of hydrazine groups is 1. The summed E-state index contributed by atoms with van der Waals surface area (Å²) in [5, 5.41) is 0.393. The maximum absolute atomic E-state index is 12.7. The minimum atomic E-state index is -4.58. The number of halogens is 4. The molecule has 178 valence electrons. The van der Waals surface area contributed by atoms with Gasteiger partial charge in [0.25, 0.3) is 11.8 Å². The quantitative estimate of drug-likeness (QED) is 0.446. The largest absolute Gasteiger partial charge is 0.417 e. The van der Waals surface area contributed by atoms with E-state index in [1.165, 1.54) is 11.8 Å². The van der Waals surface area contributed by atoms with E-state index in [1.807, 2.05) is 11.8 Å². The summed E-state index contributed by atoms with van der Waals surface area (Å²) in [5.41, 5.74) is 4.66. The minimum absolute atomic E-state index is 0.130. The number of hydrogen-bond donors (Lipinski definition) is 2. The number of nitrogens with one attached hydrogen (secondary N) is 2. The number of anilines is 1. The molecule has 2 N–H and O–H groups in total. The third kappa shape index (κ3) is 5.86. The highest BCUT2D eigenvalue weighted by atomic mass is 35.5. The number of aliphatic imine (C=N–C) groups is 1. The molecule has 2 amide bonds. The number of pyridine rings is 1. The molecule has 0 bridgehead atoms. The number of aromatic nitrogens is 1. The van der Waals surface area contributed by atoms with Gasteiger partial charge in [-0.15, -0.1) is 0 Å². The van der Waals surface area contributed by atoms with Crippen molar-refractivity contribution in [2.45, 2.75) is 6.18 Å². The van der Waals surface area contributed by atoms with Crippen molar-refractivity contribution in [1.29, 1.82) is 0 Å². The van der Waals surface area contributed by atoms with Gasteiger partial charge < -0.3 is 4.90 Å². The zero-order valence-electron chi connectivity index (χ0n) is 17.4. The second kappa shape index (κ2) is 10.3. The van der Waals surface area contributed by atoms with Crippen molar-refractivity contribution < 1.29 is 22.8 Å². The lowest BCUT2D eigenvalue weighted by Crippen LogP contribution is -2.35. The molecule has 1 fully saturated rings. The van der Waals surface area contributed by atoms with Gasteiger partial charge in [0.1, 0.15) is 0 Å². The average molecular weight is 528 g/mol. The molecule has 0 aliphatic carbocycles. The van der Waals surface area contributed by atoms with E-state index in [4.69, 9.17) is 11.6 Å². The van der Waals surface area contributed by atoms with E-state index in [0.717, 1.165) is 24.6 Å². The molecule has 0 saturated carbocycles. The van der Waals surface area contributed by atoms with Crippen LogP contribution in [0, 0.1) is 0 Å². The van der Waals surface area contributed by atoms with Gasteiger partial charge in [-0.25, -0.2) is 4.98 Å². The van der Waals surface area contributed by atoms with Crippen LogP contribution >= 0.6 is 35.1 Å². The van der Waals surface area contributed by atoms with Gasteiger partial charge in [0.05, 0.1) is 15.5 Å². The van der Waals surface area contributed by atoms with Crippen molar-refractivity contribution in [2.24, 2.45) is 4.99 Å². The van der Waals surface area contributed by atoms with Crippen LogP contribution in [0.2, 0.25) is 5.02 Å². The molecule has 3 heterocycles. The van der Waals surface area contributed by atoms with Crippen molar-refractivity contribution >= 4 is 64.0 Å². The number of thioether (sulfide) groups is 2. The first-order valence-electron chi connectivity index (χ1n) is 9.95. The van der Waals surface area contributed by atoms with Crippen LogP contribution in [0.15, 0.2) is 46.4 Å². The summed E-state index contributed by atoms with van der Waals surface area (Å²) >= 11 is 9.01. The number of rotatable bonds is 4. The third-order valence-electron chi connectivity index (χ3n) is 4.80. The predicted molar refractivity (Wildman–Crippen MR) is 129 cm³/mol. The van der Waals surface area contributed by atoms with Crippen molar-refractivity contribution in [1.82, 2.24) is 15.3 Å². The number of carbonyl (C=O) groups is 2. The molecule has 13 heteroatoms. The topological polar surface area (TPSA) is 86.7 Å². The highest BCUT2D eigenvalue weighted by Gasteiger charge is 2.31. The van der Waals surface area contributed by atoms with Crippen LogP contribution in [0.4, 0.5) is 19.0 Å². The number of alkyl halides is 3. The van der Waals surface area contributed by atoms with Gasteiger partial charge in [-0.2, -0.15) is 29.9 Å². The van der Waals surface area contributed by atoms with Gasteiger partial charge in [0.2, 0.25) is 0 Å². The Morgan fingerprint density at radius 1 is 1.21 bits per heavy atom. The van der Waals surface area contributed by atoms with Crippen LogP contribution in [-0.4, -0.2) is 51.5 Å². The Bertz CT molecular complexity index is 1180. The maximum Gasteiger partial charge on any atom is 0.417 e. The predicted octanol–water partition coefficient (Wildman–Crippen LogP) is 4.53. The minimum Gasteiger partial charge on any atom is -0.349 e. The van der Waals surface area contributed by atoms with Crippen LogP contribution in [0.1, 0.15) is 21.5 Å². The Hall–Kier alpha value is -2.70. The fourth-order valence-electron chi connectivity index (χ4n) is 3.08. The molecule has 2 aliphatic heterocycles. The van der Waals surface area contributed by atoms with Gasteiger partial charge in [-0.1, -0.05) is 23.7 Å². The fraction of sp³-hybridized carbons (Fsp3) is 0.238. The van der Waals surface area contributed by atoms with Crippen LogP contribution in [0.25, 0.3) is 6.08 Å². The van der Waals surface area contributed by atoms with E-state index >= 15 is 0 Å². The maximum atomic E-state index is 12.7. The Morgan fingerprint density at radius 2 is 1.97 bits per heavy atom. The van der Waals surface area contributed by atoms with Crippen LogP contribution in [0.5, 0.6) is 0 Å². The van der Waals surface area contributed by atoms with E-state index < -0.39 is 17.6 Å². The Labute approximate surface area is 206 Å². The van der Waals surface area contributed by atoms with Crippen LogP contribution in [-0.2, 0) is 11.0 Å². The Balaban J connectivity index is 1.41. The SMILES string of the molecule is O=C1N=C(N2CCSCC2)S/C1=C/c1cccc(C(=O)NNc2ncc(C(F)(F)F)cc2Cl)c1. The molecule has 34 heavy (non-hydrogen) atoms. The van der Waals surface area contributed by atoms with E-state index in [0.29, 0.717) is 27.9 Å². The summed E-state index contributed by atoms with van der Waals surface area (Å²) in [7, 11) is 0. The molecule has 1 aromatic heterocycles. The van der Waals surface area contributed by atoms with E-state index in [-0.39, 0.29) is 22.3 Å². The van der Waals surface area contributed by atoms with Gasteiger partial charge >= 0.3 is 6.18 Å². The van der Waals surface area contributed by atoms with E-state index in [1.54, 1.807) is 30.3 Å². The molecule has 0 unspecified atom stereocenters. The summed E-state index contributed by atoms with van der Waals surface area (Å²) in [6, 6.07) is 7.24. The molecular formula is C21H17ClF3N5O2S2. The first kappa shape index (κ1) is 24.4. The van der Waals surface area contributed by atoms with Gasteiger partial charge in [-0.3, -0.25) is 20.4 Å². The monoisotopic (exact) mass is 527 g/mol. The lowest BCUT2D eigenvalue weighted by Gasteiger charge is -2.26. The van der Waals surface area contributed by atoms with E-state index in [2.05, 4.69) is 25.7 Å². The molecule has 1 aromatic carbocycles. The molecule has 1 saturated heterocycles. The first-order valence-corrected chi connectivity index (χ1v) is 12.3. The Kier molecular flexibility index (Phi) is 7.39. The van der Waals surface area contributed by atoms with Crippen molar-refractivity contribution in [2.75, 3.05) is 30.0 Å². The standard InChI is InChI=1S/C21H17ClF3N5O2S2/c22-15-10-14(21(23,24)25)11-26-17(15)28-29-18(31)13-3-1-2-12(8-13)9-16-19(32)27-20(34-16)30-4-6-33-7-5-30/h1-3,8-11H,4-7H2,(H,26,28)(H,29,31)/b16-9+. The first-order chi connectivity index (χ1) is 16.2. The molecule has 0 radical (unpaired) electrons. The third-order valence-corrected chi connectivity index (χ3v) is 7.08. The highest BCUT2D eigenvalue weighted by molar-refractivity contribution is 8.18. The molecular weight excluding hydrogens is 511 g/mol. The number of benzene rings is 1. The lowest BCUT2D eigenvalue weighted by atomic mass is 10.1. The summed E-state index contributed by atoms with van der Waals surface area (Å²) in [6.45, 7) is 1.69. The number of amidine groups is 1. The summed E-state index contributed by atoms with van der Waals surface area (Å²) in [4.78, 5) is 35.2. The summed E-state index contributed by atoms with van der Waals surface area (Å²) in [6.07, 6.45) is -2.30. The molecule has 2 aliphatic rings. The number of carbonyl (C=O) groups excluding carboxylic acids is 2. The highest BCUT2D eigenvalue weighted by Crippen LogP contribution is 2.33. The van der Waals surface area contributed by atoms with Crippen molar-refractivity contribution in [3.8, 4) is 0 Å². The average Bonchev–Trinajstić information content (AvgIpc) is 3.18. The molecule has 7 nitrogen and oxygen atoms in total. The molecule has 0 spiro atoms. The second-order valence-electron chi connectivity index (χ2n) is 7.17. The summed E-state index contributed by atoms with van der Waals surface area (Å²) in [5.74, 6) is 0.968. The zero-order chi connectivity index (χ0) is 24.3. The number of amides is 2. The number of hydrogen-bond acceptors (Lipinski definition) is 7.